The van der Waals surface area contributed by atoms with Crippen LogP contribution in [0.3, 0.4) is 0 Å². The summed E-state index contributed by atoms with van der Waals surface area (Å²) in [6, 6.07) is 11.4. The Morgan fingerprint density at radius 2 is 1.80 bits per heavy atom. The Bertz CT molecular complexity index is 854. The summed E-state index contributed by atoms with van der Waals surface area (Å²) in [4.78, 5) is 12.7. The number of benzene rings is 1. The van der Waals surface area contributed by atoms with Crippen LogP contribution in [0.25, 0.3) is 11.0 Å². The number of ether oxygens (including phenoxy) is 2. The summed E-state index contributed by atoms with van der Waals surface area (Å²) in [6.07, 6.45) is 1.32. The van der Waals surface area contributed by atoms with Crippen molar-refractivity contribution in [2.45, 2.75) is 19.1 Å². The molecule has 25 heavy (non-hydrogen) atoms. The van der Waals surface area contributed by atoms with Gasteiger partial charge in [0.25, 0.3) is 0 Å². The molecule has 0 aliphatic carbocycles. The van der Waals surface area contributed by atoms with E-state index >= 15 is 0 Å². The van der Waals surface area contributed by atoms with E-state index in [4.69, 9.17) is 15.2 Å². The van der Waals surface area contributed by atoms with Crippen LogP contribution in [-0.2, 0) is 4.74 Å². The van der Waals surface area contributed by atoms with Crippen molar-refractivity contribution in [2.24, 2.45) is 0 Å². The second-order valence-electron chi connectivity index (χ2n) is 5.69. The normalized spacial score (nSPS) is 13.4. The number of hydrogen-bond acceptors (Lipinski definition) is 7. The number of nitrogens with one attached hydrogen (secondary N) is 1. The van der Waals surface area contributed by atoms with Crippen molar-refractivity contribution >= 4 is 22.7 Å². The van der Waals surface area contributed by atoms with E-state index in [0.717, 1.165) is 16.7 Å². The highest BCUT2D eigenvalue weighted by atomic mass is 16.5. The summed E-state index contributed by atoms with van der Waals surface area (Å²) in [7, 11) is 3.33. The lowest BCUT2D eigenvalue weighted by molar-refractivity contribution is 0.0907. The molecule has 130 valence electrons. The van der Waals surface area contributed by atoms with Crippen LogP contribution in [0, 0.1) is 0 Å². The van der Waals surface area contributed by atoms with Gasteiger partial charge in [0, 0.05) is 7.11 Å². The highest BCUT2D eigenvalue weighted by Gasteiger charge is 2.20. The van der Waals surface area contributed by atoms with Crippen molar-refractivity contribution in [3.05, 3.63) is 48.3 Å². The number of aromatic nitrogens is 3. The first-order valence-electron chi connectivity index (χ1n) is 7.93. The minimum Gasteiger partial charge on any atom is -0.497 e. The van der Waals surface area contributed by atoms with Crippen molar-refractivity contribution in [1.29, 1.82) is 0 Å². The maximum atomic E-state index is 5.72. The Kier molecular flexibility index (Phi) is 4.95. The molecule has 1 aromatic carbocycles. The zero-order valence-electron chi connectivity index (χ0n) is 14.4. The summed E-state index contributed by atoms with van der Waals surface area (Å²) in [5.41, 5.74) is 7.33. The fraction of sp³-hybridized carbons (Fsp3) is 0.278. The average Bonchev–Trinajstić information content (AvgIpc) is 2.63. The number of methoxy groups -OCH3 is 2. The predicted octanol–water partition coefficient (Wildman–Crippen LogP) is 2.80. The van der Waals surface area contributed by atoms with Gasteiger partial charge < -0.3 is 20.5 Å². The molecule has 7 nitrogen and oxygen atoms in total. The van der Waals surface area contributed by atoms with Gasteiger partial charge in [-0.3, -0.25) is 0 Å². The number of nitrogen functional groups attached to an aromatic ring is 1. The number of pyridine rings is 1. The Morgan fingerprint density at radius 1 is 1.04 bits per heavy atom. The Morgan fingerprint density at radius 3 is 2.48 bits per heavy atom. The molecule has 0 spiro atoms. The standard InChI is InChI=1S/C18H21N5O2/c1-11(16(25-3)12-4-6-13(24-2)7-5-12)22-17-14-8-9-15(19)23-18(14)21-10-20-17/h4-11,16H,1-3H3,(H3,19,20,21,22,23). The molecule has 0 radical (unpaired) electrons. The van der Waals surface area contributed by atoms with Gasteiger partial charge in [-0.1, -0.05) is 12.1 Å². The number of rotatable bonds is 6. The van der Waals surface area contributed by atoms with Crippen LogP contribution in [0.1, 0.15) is 18.6 Å². The maximum absolute atomic E-state index is 5.72. The van der Waals surface area contributed by atoms with E-state index in [1.807, 2.05) is 37.3 Å². The summed E-state index contributed by atoms with van der Waals surface area (Å²) in [5, 5.41) is 4.21. The summed E-state index contributed by atoms with van der Waals surface area (Å²) >= 11 is 0. The lowest BCUT2D eigenvalue weighted by Gasteiger charge is -2.25. The van der Waals surface area contributed by atoms with Gasteiger partial charge in [-0.05, 0) is 36.8 Å². The largest absolute Gasteiger partial charge is 0.497 e. The number of nitrogens with two attached hydrogens (primary N) is 1. The summed E-state index contributed by atoms with van der Waals surface area (Å²) < 4.78 is 10.9. The topological polar surface area (TPSA) is 95.2 Å². The van der Waals surface area contributed by atoms with E-state index < -0.39 is 0 Å². The molecule has 3 N–H and O–H groups in total. The van der Waals surface area contributed by atoms with Gasteiger partial charge in [-0.15, -0.1) is 0 Å². The molecule has 7 heteroatoms. The fourth-order valence-corrected chi connectivity index (χ4v) is 2.79. The third-order valence-electron chi connectivity index (χ3n) is 4.04. The minimum atomic E-state index is -0.155. The van der Waals surface area contributed by atoms with Crippen LogP contribution in [0.5, 0.6) is 5.75 Å². The van der Waals surface area contributed by atoms with Gasteiger partial charge >= 0.3 is 0 Å². The van der Waals surface area contributed by atoms with Gasteiger partial charge in [0.05, 0.1) is 18.5 Å². The number of nitrogens with zero attached hydrogens (tertiary/aromatic N) is 3. The molecule has 0 saturated carbocycles. The van der Waals surface area contributed by atoms with Crippen LogP contribution in [0.4, 0.5) is 11.6 Å². The third kappa shape index (κ3) is 3.61. The van der Waals surface area contributed by atoms with Gasteiger partial charge in [-0.2, -0.15) is 0 Å². The van der Waals surface area contributed by atoms with Crippen LogP contribution in [0.2, 0.25) is 0 Å². The quantitative estimate of drug-likeness (QED) is 0.713. The Balaban J connectivity index is 1.85. The Hall–Kier alpha value is -2.93. The predicted molar refractivity (Wildman–Crippen MR) is 97.6 cm³/mol. The van der Waals surface area contributed by atoms with Crippen molar-refractivity contribution in [3.63, 3.8) is 0 Å². The zero-order chi connectivity index (χ0) is 17.8. The van der Waals surface area contributed by atoms with Gasteiger partial charge in [0.2, 0.25) is 0 Å². The molecule has 0 saturated heterocycles. The van der Waals surface area contributed by atoms with E-state index in [2.05, 4.69) is 20.3 Å². The first-order chi connectivity index (χ1) is 12.1. The summed E-state index contributed by atoms with van der Waals surface area (Å²) in [5.74, 6) is 1.93. The number of anilines is 2. The average molecular weight is 339 g/mol. The third-order valence-corrected chi connectivity index (χ3v) is 4.04. The van der Waals surface area contributed by atoms with Gasteiger partial charge in [0.1, 0.15) is 29.8 Å². The van der Waals surface area contributed by atoms with Gasteiger partial charge in [0.15, 0.2) is 5.65 Å². The summed E-state index contributed by atoms with van der Waals surface area (Å²) in [6.45, 7) is 2.04. The van der Waals surface area contributed by atoms with Crippen LogP contribution in [-0.4, -0.2) is 35.2 Å². The molecule has 2 aromatic heterocycles. The molecule has 3 aromatic rings. The van der Waals surface area contributed by atoms with Crippen LogP contribution in [0.15, 0.2) is 42.7 Å². The fourth-order valence-electron chi connectivity index (χ4n) is 2.79. The molecule has 0 fully saturated rings. The van der Waals surface area contributed by atoms with Crippen molar-refractivity contribution in [1.82, 2.24) is 15.0 Å². The van der Waals surface area contributed by atoms with Crippen LogP contribution >= 0.6 is 0 Å². The van der Waals surface area contributed by atoms with Crippen LogP contribution < -0.4 is 15.8 Å². The highest BCUT2D eigenvalue weighted by molar-refractivity contribution is 5.87. The lowest BCUT2D eigenvalue weighted by Crippen LogP contribution is -2.26. The van der Waals surface area contributed by atoms with Crippen molar-refractivity contribution in [2.75, 3.05) is 25.3 Å². The number of hydrogen-bond donors (Lipinski definition) is 2. The molecule has 0 aliphatic heterocycles. The first-order valence-corrected chi connectivity index (χ1v) is 7.93. The SMILES string of the molecule is COc1ccc(C(OC)C(C)Nc2ncnc3nc(N)ccc23)cc1. The van der Waals surface area contributed by atoms with Crippen molar-refractivity contribution in [3.8, 4) is 5.75 Å². The van der Waals surface area contributed by atoms with Gasteiger partial charge in [-0.25, -0.2) is 15.0 Å². The molecule has 0 amide bonds. The smallest absolute Gasteiger partial charge is 0.166 e. The lowest BCUT2D eigenvalue weighted by atomic mass is 10.0. The Labute approximate surface area is 146 Å². The van der Waals surface area contributed by atoms with E-state index in [1.165, 1.54) is 6.33 Å². The zero-order valence-corrected chi connectivity index (χ0v) is 14.4. The van der Waals surface area contributed by atoms with E-state index in [-0.39, 0.29) is 12.1 Å². The minimum absolute atomic E-state index is 0.0333. The maximum Gasteiger partial charge on any atom is 0.166 e. The highest BCUT2D eigenvalue weighted by Crippen LogP contribution is 2.27. The molecular formula is C18H21N5O2. The molecule has 3 rings (SSSR count). The molecular weight excluding hydrogens is 318 g/mol. The number of fused-ring (bicyclic) bond motifs is 1. The second kappa shape index (κ2) is 7.31. The molecule has 2 atom stereocenters. The first kappa shape index (κ1) is 16.9. The monoisotopic (exact) mass is 339 g/mol. The second-order valence-corrected chi connectivity index (χ2v) is 5.69. The molecule has 2 heterocycles. The van der Waals surface area contributed by atoms with E-state index in [0.29, 0.717) is 17.3 Å². The van der Waals surface area contributed by atoms with Crippen molar-refractivity contribution < 1.29 is 9.47 Å². The van der Waals surface area contributed by atoms with E-state index in [1.54, 1.807) is 20.3 Å². The molecule has 0 bridgehead atoms. The molecule has 2 unspecified atom stereocenters. The van der Waals surface area contributed by atoms with E-state index in [9.17, 15) is 0 Å². The molecule has 0 aliphatic rings.